The summed E-state index contributed by atoms with van der Waals surface area (Å²) < 4.78 is 11.8. The predicted molar refractivity (Wildman–Crippen MR) is 244 cm³/mol. The SMILES string of the molecule is CC(C)(C)Oc1ccnc(C(CC(=O)CC(SC[C@H](NC(=O)CC[C@H](N)C(=O)O)C(=O)NCC(=O)O)c2ccnc(OC(C)(C)C)n2)SC[C@H](NC(=O)CC[C@@H](N)C(=O)O)C(=O)NCC(=O)O)n1. The van der Waals surface area contributed by atoms with E-state index in [-0.39, 0.29) is 60.6 Å². The minimum atomic E-state index is -1.41. The molecule has 2 aromatic heterocycles. The Morgan fingerprint density at radius 2 is 1.10 bits per heavy atom. The molecule has 0 fully saturated rings. The van der Waals surface area contributed by atoms with Gasteiger partial charge in [0.2, 0.25) is 29.5 Å². The van der Waals surface area contributed by atoms with Crippen LogP contribution in [0.15, 0.2) is 24.5 Å². The van der Waals surface area contributed by atoms with Crippen molar-refractivity contribution in [1.29, 1.82) is 0 Å². The molecule has 0 saturated carbocycles. The zero-order valence-electron chi connectivity index (χ0n) is 38.4. The normalized spacial score (nSPS) is 14.1. The second kappa shape index (κ2) is 27.6. The molecule has 0 aliphatic rings. The second-order valence-electron chi connectivity index (χ2n) is 17.0. The molecule has 68 heavy (non-hydrogen) atoms. The fraction of sp³-hybridized carbons (Fsp3) is 0.585. The number of nitrogens with two attached hydrogens (primary N) is 2. The average Bonchev–Trinajstić information content (AvgIpc) is 3.23. The Morgan fingerprint density at radius 1 is 0.647 bits per heavy atom. The molecule has 27 heteroatoms. The maximum Gasteiger partial charge on any atom is 0.322 e. The van der Waals surface area contributed by atoms with Gasteiger partial charge in [0.15, 0.2) is 0 Å². The van der Waals surface area contributed by atoms with Crippen molar-refractivity contribution in [3.05, 3.63) is 36.0 Å². The quantitative estimate of drug-likeness (QED) is 0.0491. The van der Waals surface area contributed by atoms with Crippen molar-refractivity contribution in [3.8, 4) is 11.9 Å². The van der Waals surface area contributed by atoms with E-state index in [0.29, 0.717) is 0 Å². The van der Waals surface area contributed by atoms with Gasteiger partial charge >= 0.3 is 29.9 Å². The van der Waals surface area contributed by atoms with E-state index < -0.39 is 125 Å². The van der Waals surface area contributed by atoms with E-state index in [1.54, 1.807) is 41.5 Å². The molecule has 12 N–H and O–H groups in total. The number of amides is 4. The van der Waals surface area contributed by atoms with Gasteiger partial charge in [0, 0.05) is 55.6 Å². The zero-order valence-corrected chi connectivity index (χ0v) is 40.0. The highest BCUT2D eigenvalue weighted by Gasteiger charge is 2.31. The van der Waals surface area contributed by atoms with Crippen molar-refractivity contribution < 1.29 is 73.1 Å². The summed E-state index contributed by atoms with van der Waals surface area (Å²) in [5.74, 6) is -9.58. The van der Waals surface area contributed by atoms with Crippen LogP contribution >= 0.6 is 23.5 Å². The Labute approximate surface area is 399 Å². The number of carboxylic acid groups (broad SMARTS) is 4. The number of nitrogens with zero attached hydrogens (tertiary/aromatic N) is 4. The number of aromatic nitrogens is 4. The third kappa shape index (κ3) is 23.5. The summed E-state index contributed by atoms with van der Waals surface area (Å²) in [4.78, 5) is 129. The number of hydrogen-bond acceptors (Lipinski definition) is 19. The van der Waals surface area contributed by atoms with Crippen LogP contribution in [0.4, 0.5) is 0 Å². The van der Waals surface area contributed by atoms with Gasteiger partial charge < -0.3 is 62.6 Å². The lowest BCUT2D eigenvalue weighted by molar-refractivity contribution is -0.140. The third-order valence-corrected chi connectivity index (χ3v) is 11.3. The van der Waals surface area contributed by atoms with Crippen LogP contribution in [0.2, 0.25) is 0 Å². The highest BCUT2D eigenvalue weighted by Crippen LogP contribution is 2.37. The van der Waals surface area contributed by atoms with Crippen LogP contribution in [0.5, 0.6) is 11.9 Å². The van der Waals surface area contributed by atoms with E-state index in [0.717, 1.165) is 23.5 Å². The Bertz CT molecular complexity index is 1960. The van der Waals surface area contributed by atoms with E-state index in [1.165, 1.54) is 24.5 Å². The maximum atomic E-state index is 14.4. The van der Waals surface area contributed by atoms with Gasteiger partial charge in [-0.2, -0.15) is 9.97 Å². The summed E-state index contributed by atoms with van der Waals surface area (Å²) in [5.41, 5.74) is 9.88. The van der Waals surface area contributed by atoms with Crippen LogP contribution < -0.4 is 42.2 Å². The molecule has 2 heterocycles. The number of Topliss-reactive ketones (excluding diaryl/α,β-unsaturated/α-hetero) is 1. The van der Waals surface area contributed by atoms with Crippen molar-refractivity contribution in [3.63, 3.8) is 0 Å². The summed E-state index contributed by atoms with van der Waals surface area (Å²) >= 11 is 1.95. The van der Waals surface area contributed by atoms with Crippen LogP contribution in [0.25, 0.3) is 0 Å². The van der Waals surface area contributed by atoms with Crippen LogP contribution in [0, 0.1) is 0 Å². The summed E-state index contributed by atoms with van der Waals surface area (Å²) in [7, 11) is 0. The highest BCUT2D eigenvalue weighted by atomic mass is 32.2. The summed E-state index contributed by atoms with van der Waals surface area (Å²) in [6.07, 6.45) is 0.774. The van der Waals surface area contributed by atoms with Gasteiger partial charge in [0.1, 0.15) is 60.1 Å². The van der Waals surface area contributed by atoms with E-state index >= 15 is 0 Å². The number of carbonyl (C=O) groups is 9. The molecule has 2 aromatic rings. The van der Waals surface area contributed by atoms with E-state index in [9.17, 15) is 53.4 Å². The van der Waals surface area contributed by atoms with Gasteiger partial charge in [-0.15, -0.1) is 23.5 Å². The summed E-state index contributed by atoms with van der Waals surface area (Å²) in [5, 5.41) is 44.2. The monoisotopic (exact) mass is 996 g/mol. The van der Waals surface area contributed by atoms with Crippen LogP contribution in [0.3, 0.4) is 0 Å². The third-order valence-electron chi connectivity index (χ3n) is 8.61. The van der Waals surface area contributed by atoms with Crippen LogP contribution in [-0.4, -0.2) is 154 Å². The first-order chi connectivity index (χ1) is 31.6. The largest absolute Gasteiger partial charge is 0.480 e. The maximum absolute atomic E-state index is 14.4. The molecule has 25 nitrogen and oxygen atoms in total. The first kappa shape index (κ1) is 57.9. The number of carboxylic acids is 4. The number of nitrogens with one attached hydrogen (secondary N) is 4. The fourth-order valence-corrected chi connectivity index (χ4v) is 7.92. The lowest BCUT2D eigenvalue weighted by atomic mass is 10.1. The summed E-state index contributed by atoms with van der Waals surface area (Å²) in [6, 6.07) is -2.63. The topological polar surface area (TPSA) is 405 Å². The number of aliphatic carboxylic acids is 4. The van der Waals surface area contributed by atoms with Gasteiger partial charge in [-0.25, -0.2) is 9.97 Å². The van der Waals surface area contributed by atoms with Crippen molar-refractivity contribution in [2.75, 3.05) is 24.6 Å². The number of ether oxygens (including phenoxy) is 2. The molecule has 0 aromatic carbocycles. The zero-order chi connectivity index (χ0) is 51.4. The Morgan fingerprint density at radius 3 is 1.56 bits per heavy atom. The van der Waals surface area contributed by atoms with Gasteiger partial charge in [-0.3, -0.25) is 43.2 Å². The summed E-state index contributed by atoms with van der Waals surface area (Å²) in [6.45, 7) is 9.01. The fourth-order valence-electron chi connectivity index (χ4n) is 5.42. The Balaban J connectivity index is 2.59. The Kier molecular flexibility index (Phi) is 23.5. The number of thioether (sulfide) groups is 2. The molecule has 2 rings (SSSR count). The smallest absolute Gasteiger partial charge is 0.322 e. The molecular formula is C41H60N10O15S2. The van der Waals surface area contributed by atoms with Crippen LogP contribution in [0.1, 0.15) is 102 Å². The molecule has 0 aliphatic carbocycles. The molecule has 0 aliphatic heterocycles. The Hall–Kier alpha value is -6.19. The number of carbonyl (C=O) groups excluding carboxylic acids is 5. The average molecular weight is 997 g/mol. The molecular weight excluding hydrogens is 937 g/mol. The van der Waals surface area contributed by atoms with E-state index in [4.69, 9.17) is 31.2 Å². The highest BCUT2D eigenvalue weighted by molar-refractivity contribution is 7.99. The van der Waals surface area contributed by atoms with Crippen molar-refractivity contribution >= 4 is 76.8 Å². The van der Waals surface area contributed by atoms with Gasteiger partial charge in [0.25, 0.3) is 0 Å². The molecule has 2 unspecified atom stereocenters. The predicted octanol–water partition coefficient (Wildman–Crippen LogP) is -0.0253. The molecule has 0 spiro atoms. The second-order valence-corrected chi connectivity index (χ2v) is 19.4. The number of ketones is 1. The molecule has 0 saturated heterocycles. The molecule has 376 valence electrons. The van der Waals surface area contributed by atoms with Gasteiger partial charge in [-0.1, -0.05) is 0 Å². The number of hydrogen-bond donors (Lipinski definition) is 10. The van der Waals surface area contributed by atoms with E-state index in [2.05, 4.69) is 41.2 Å². The van der Waals surface area contributed by atoms with Gasteiger partial charge in [0.05, 0.1) is 16.2 Å². The van der Waals surface area contributed by atoms with Crippen LogP contribution in [-0.2, 0) is 43.2 Å². The molecule has 4 amide bonds. The number of rotatable bonds is 30. The lowest BCUT2D eigenvalue weighted by Gasteiger charge is -2.24. The van der Waals surface area contributed by atoms with E-state index in [1.807, 2.05) is 0 Å². The standard InChI is InChI=1S/C41H60N10O15S2/c1-40(2,3)65-31-12-14-44-34(51-31)28(68-20-26(36(60)47-18-33(57)58)49-30(54)10-8-23(43)38(63)64)16-21(52)15-27(24-11-13-45-39(50-24)66-41(4,5)6)67-19-25(35(59)46-17-32(55)56)48-29(53)9-7-22(42)37(61)62/h11-14,22-23,25-28H,7-10,15-20,42-43H2,1-6H3,(H,46,59)(H,47,60)(H,48,53)(H,49,54)(H,55,56)(H,57,58)(H,61,62)(H,63,64)/t22-,23+,25-,26-,27?,28?/m0/s1. The van der Waals surface area contributed by atoms with Crippen molar-refractivity contribution in [2.45, 2.75) is 126 Å². The minimum absolute atomic E-state index is 0.0522. The first-order valence-corrected chi connectivity index (χ1v) is 23.1. The molecule has 6 atom stereocenters. The first-order valence-electron chi connectivity index (χ1n) is 21.0. The molecule has 0 bridgehead atoms. The van der Waals surface area contributed by atoms with Gasteiger partial charge in [-0.05, 0) is 60.5 Å². The van der Waals surface area contributed by atoms with Crippen molar-refractivity contribution in [2.24, 2.45) is 11.5 Å². The minimum Gasteiger partial charge on any atom is -0.480 e. The molecule has 0 radical (unpaired) electrons. The lowest BCUT2D eigenvalue weighted by Crippen LogP contribution is -2.49. The van der Waals surface area contributed by atoms with Crippen molar-refractivity contribution in [1.82, 2.24) is 41.2 Å².